The van der Waals surface area contributed by atoms with Crippen molar-refractivity contribution in [2.75, 3.05) is 6.54 Å². The molecule has 1 heterocycles. The lowest BCUT2D eigenvalue weighted by molar-refractivity contribution is -0.137. The molecule has 0 radical (unpaired) electrons. The Bertz CT molecular complexity index is 277. The predicted octanol–water partition coefficient (Wildman–Crippen LogP) is 3.12. The molecule has 1 saturated heterocycles. The summed E-state index contributed by atoms with van der Waals surface area (Å²) in [4.78, 5) is 14.6. The van der Waals surface area contributed by atoms with Crippen LogP contribution < -0.4 is 0 Å². The molecule has 1 aliphatic heterocycles. The molecule has 0 bridgehead atoms. The molecule has 3 unspecified atom stereocenters. The highest BCUT2D eigenvalue weighted by Gasteiger charge is 2.37. The number of carbonyl (C=O) groups excluding carboxylic acids is 1. The number of rotatable bonds is 2. The van der Waals surface area contributed by atoms with Crippen LogP contribution in [0.5, 0.6) is 0 Å². The maximum atomic E-state index is 12.4. The van der Waals surface area contributed by atoms with E-state index >= 15 is 0 Å². The van der Waals surface area contributed by atoms with Gasteiger partial charge in [-0.15, -0.1) is 0 Å². The van der Waals surface area contributed by atoms with E-state index in [1.54, 1.807) is 0 Å². The van der Waals surface area contributed by atoms with E-state index in [1.807, 2.05) is 0 Å². The van der Waals surface area contributed by atoms with Crippen LogP contribution in [0.2, 0.25) is 0 Å². The third-order valence-corrected chi connectivity index (χ3v) is 5.23. The summed E-state index contributed by atoms with van der Waals surface area (Å²) < 4.78 is 0. The Kier molecular flexibility index (Phi) is 4.40. The van der Waals surface area contributed by atoms with Gasteiger partial charge in [0.1, 0.15) is 0 Å². The summed E-state index contributed by atoms with van der Waals surface area (Å²) >= 11 is 4.50. The second-order valence-electron chi connectivity index (χ2n) is 5.97. The molecule has 2 rings (SSSR count). The average Bonchev–Trinajstić information content (AvgIpc) is 2.36. The number of fused-ring (bicyclic) bond motifs is 1. The Morgan fingerprint density at radius 3 is 2.53 bits per heavy atom. The summed E-state index contributed by atoms with van der Waals surface area (Å²) in [5.41, 5.74) is 0. The summed E-state index contributed by atoms with van der Waals surface area (Å²) in [5.74, 6) is 1.38. The first-order valence-corrected chi connectivity index (χ1v) is 7.61. The fourth-order valence-electron chi connectivity index (χ4n) is 3.35. The van der Waals surface area contributed by atoms with E-state index in [4.69, 9.17) is 0 Å². The van der Waals surface area contributed by atoms with E-state index in [-0.39, 0.29) is 11.2 Å². The Hall–Kier alpha value is -0.180. The Morgan fingerprint density at radius 1 is 1.18 bits per heavy atom. The molecule has 3 heteroatoms. The molecule has 17 heavy (non-hydrogen) atoms. The molecule has 2 fully saturated rings. The highest BCUT2D eigenvalue weighted by Crippen LogP contribution is 2.36. The van der Waals surface area contributed by atoms with Gasteiger partial charge < -0.3 is 4.90 Å². The number of amides is 1. The van der Waals surface area contributed by atoms with Crippen molar-refractivity contribution in [3.8, 4) is 0 Å². The first-order chi connectivity index (χ1) is 8.11. The molecule has 2 nitrogen and oxygen atoms in total. The van der Waals surface area contributed by atoms with Crippen molar-refractivity contribution in [1.29, 1.82) is 0 Å². The number of thiol groups is 1. The van der Waals surface area contributed by atoms with Crippen LogP contribution in [0, 0.1) is 11.8 Å². The van der Waals surface area contributed by atoms with Crippen molar-refractivity contribution in [2.45, 2.75) is 63.7 Å². The molecule has 3 atom stereocenters. The third kappa shape index (κ3) is 2.81. The minimum atomic E-state index is -0.115. The lowest BCUT2D eigenvalue weighted by Gasteiger charge is -2.45. The zero-order valence-electron chi connectivity index (χ0n) is 11.1. The monoisotopic (exact) mass is 255 g/mol. The van der Waals surface area contributed by atoms with Crippen molar-refractivity contribution in [3.05, 3.63) is 0 Å². The number of hydrogen-bond donors (Lipinski definition) is 1. The Morgan fingerprint density at radius 2 is 1.82 bits per heavy atom. The minimum Gasteiger partial charge on any atom is -0.338 e. The predicted molar refractivity (Wildman–Crippen MR) is 74.3 cm³/mol. The van der Waals surface area contributed by atoms with Gasteiger partial charge in [-0.1, -0.05) is 26.7 Å². The normalized spacial score (nSPS) is 31.2. The number of likely N-dealkylation sites (tertiary alicyclic amines) is 1. The van der Waals surface area contributed by atoms with Gasteiger partial charge in [0.15, 0.2) is 0 Å². The molecule has 98 valence electrons. The van der Waals surface area contributed by atoms with E-state index < -0.39 is 0 Å². The molecule has 0 N–H and O–H groups in total. The van der Waals surface area contributed by atoms with Crippen molar-refractivity contribution >= 4 is 18.5 Å². The molecule has 1 aliphatic carbocycles. The standard InChI is InChI=1S/C14H25NOS/c1-10(2)13(17)14(16)15-9-5-7-11-6-3-4-8-12(11)15/h10-13,17H,3-9H2,1-2H3. The van der Waals surface area contributed by atoms with Gasteiger partial charge in [-0.25, -0.2) is 0 Å². The average molecular weight is 255 g/mol. The second-order valence-corrected chi connectivity index (χ2v) is 6.53. The van der Waals surface area contributed by atoms with Crippen LogP contribution in [-0.4, -0.2) is 28.6 Å². The maximum Gasteiger partial charge on any atom is 0.235 e. The van der Waals surface area contributed by atoms with Crippen molar-refractivity contribution < 1.29 is 4.79 Å². The molecular formula is C14H25NOS. The van der Waals surface area contributed by atoms with E-state index in [0.29, 0.717) is 12.0 Å². The third-order valence-electron chi connectivity index (χ3n) is 4.41. The largest absolute Gasteiger partial charge is 0.338 e. The van der Waals surface area contributed by atoms with Crippen LogP contribution in [0.1, 0.15) is 52.4 Å². The molecule has 1 saturated carbocycles. The lowest BCUT2D eigenvalue weighted by Crippen LogP contribution is -2.52. The molecule has 0 spiro atoms. The summed E-state index contributed by atoms with van der Waals surface area (Å²) in [7, 11) is 0. The number of hydrogen-bond acceptors (Lipinski definition) is 2. The van der Waals surface area contributed by atoms with Crippen LogP contribution in [0.25, 0.3) is 0 Å². The van der Waals surface area contributed by atoms with Gasteiger partial charge in [0, 0.05) is 12.6 Å². The highest BCUT2D eigenvalue weighted by molar-refractivity contribution is 7.81. The van der Waals surface area contributed by atoms with E-state index in [1.165, 1.54) is 38.5 Å². The van der Waals surface area contributed by atoms with Crippen molar-refractivity contribution in [3.63, 3.8) is 0 Å². The molecule has 0 aromatic carbocycles. The number of piperidine rings is 1. The Balaban J connectivity index is 2.05. The molecule has 0 aromatic heterocycles. The zero-order valence-corrected chi connectivity index (χ0v) is 12.0. The molecule has 1 amide bonds. The fraction of sp³-hybridized carbons (Fsp3) is 0.929. The van der Waals surface area contributed by atoms with E-state index in [2.05, 4.69) is 31.4 Å². The van der Waals surface area contributed by atoms with E-state index in [9.17, 15) is 4.79 Å². The van der Waals surface area contributed by atoms with Crippen LogP contribution >= 0.6 is 12.6 Å². The van der Waals surface area contributed by atoms with Gasteiger partial charge in [-0.05, 0) is 37.5 Å². The summed E-state index contributed by atoms with van der Waals surface area (Å²) in [6, 6.07) is 0.526. The zero-order chi connectivity index (χ0) is 12.4. The van der Waals surface area contributed by atoms with Gasteiger partial charge >= 0.3 is 0 Å². The van der Waals surface area contributed by atoms with Gasteiger partial charge in [0.25, 0.3) is 0 Å². The van der Waals surface area contributed by atoms with Crippen LogP contribution in [0.4, 0.5) is 0 Å². The highest BCUT2D eigenvalue weighted by atomic mass is 32.1. The number of nitrogens with zero attached hydrogens (tertiary/aromatic N) is 1. The molecule has 2 aliphatic rings. The summed E-state index contributed by atoms with van der Waals surface area (Å²) in [6.07, 6.45) is 7.71. The quantitative estimate of drug-likeness (QED) is 0.752. The van der Waals surface area contributed by atoms with E-state index in [0.717, 1.165) is 12.5 Å². The molecule has 0 aromatic rings. The van der Waals surface area contributed by atoms with Crippen molar-refractivity contribution in [2.24, 2.45) is 11.8 Å². The first-order valence-electron chi connectivity index (χ1n) is 7.10. The fourth-order valence-corrected chi connectivity index (χ4v) is 3.50. The minimum absolute atomic E-state index is 0.115. The summed E-state index contributed by atoms with van der Waals surface area (Å²) in [5, 5.41) is -0.115. The Labute approximate surface area is 111 Å². The first kappa shape index (κ1) is 13.3. The number of carbonyl (C=O) groups is 1. The molecular weight excluding hydrogens is 230 g/mol. The van der Waals surface area contributed by atoms with Gasteiger partial charge in [0.2, 0.25) is 5.91 Å². The van der Waals surface area contributed by atoms with Gasteiger partial charge in [-0.2, -0.15) is 12.6 Å². The van der Waals surface area contributed by atoms with Crippen LogP contribution in [-0.2, 0) is 4.79 Å². The van der Waals surface area contributed by atoms with Gasteiger partial charge in [0.05, 0.1) is 5.25 Å². The smallest absolute Gasteiger partial charge is 0.235 e. The maximum absolute atomic E-state index is 12.4. The van der Waals surface area contributed by atoms with Crippen LogP contribution in [0.15, 0.2) is 0 Å². The topological polar surface area (TPSA) is 20.3 Å². The summed E-state index contributed by atoms with van der Waals surface area (Å²) in [6.45, 7) is 5.12. The lowest BCUT2D eigenvalue weighted by atomic mass is 9.78. The van der Waals surface area contributed by atoms with Gasteiger partial charge in [-0.3, -0.25) is 4.79 Å². The SMILES string of the molecule is CC(C)C(S)C(=O)N1CCCC2CCCCC21. The second kappa shape index (κ2) is 5.64. The van der Waals surface area contributed by atoms with Crippen LogP contribution in [0.3, 0.4) is 0 Å². The van der Waals surface area contributed by atoms with Crippen molar-refractivity contribution in [1.82, 2.24) is 4.90 Å².